The molecule has 0 aliphatic carbocycles. The standard InChI is InChI=1S/C23H16N2O4S/c26-20(16-11-13-19(14-12-16)25(27)28)15-30-23-24-21(17-7-3-1-4-8-17)22(29-23)18-9-5-2-6-10-18/h1-14H,15H2. The monoisotopic (exact) mass is 416 g/mol. The minimum atomic E-state index is -0.494. The van der Waals surface area contributed by atoms with Gasteiger partial charge in [-0.15, -0.1) is 0 Å². The minimum absolute atomic E-state index is 0.0492. The summed E-state index contributed by atoms with van der Waals surface area (Å²) in [6, 6.07) is 25.0. The maximum absolute atomic E-state index is 12.5. The molecule has 0 amide bonds. The Bertz CT molecular complexity index is 1120. The van der Waals surface area contributed by atoms with Crippen LogP contribution in [0.15, 0.2) is 94.6 Å². The van der Waals surface area contributed by atoms with Crippen LogP contribution in [0.2, 0.25) is 0 Å². The van der Waals surface area contributed by atoms with E-state index in [4.69, 9.17) is 4.42 Å². The number of benzene rings is 3. The smallest absolute Gasteiger partial charge is 0.269 e. The summed E-state index contributed by atoms with van der Waals surface area (Å²) in [5.41, 5.74) is 2.90. The van der Waals surface area contributed by atoms with Crippen LogP contribution in [0, 0.1) is 10.1 Å². The van der Waals surface area contributed by atoms with E-state index >= 15 is 0 Å². The molecule has 0 fully saturated rings. The topological polar surface area (TPSA) is 86.2 Å². The summed E-state index contributed by atoms with van der Waals surface area (Å²) < 4.78 is 6.00. The normalized spacial score (nSPS) is 10.7. The molecule has 30 heavy (non-hydrogen) atoms. The number of ketones is 1. The number of nitro benzene ring substituents is 1. The number of non-ortho nitro benzene ring substituents is 1. The third-order valence-corrected chi connectivity index (χ3v) is 5.25. The lowest BCUT2D eigenvalue weighted by atomic mass is 10.1. The molecule has 0 spiro atoms. The van der Waals surface area contributed by atoms with Crippen LogP contribution in [-0.4, -0.2) is 21.4 Å². The Morgan fingerprint density at radius 2 is 1.50 bits per heavy atom. The number of carbonyl (C=O) groups excluding carboxylic acids is 1. The highest BCUT2D eigenvalue weighted by molar-refractivity contribution is 7.99. The van der Waals surface area contributed by atoms with E-state index in [-0.39, 0.29) is 17.2 Å². The molecule has 0 N–H and O–H groups in total. The lowest BCUT2D eigenvalue weighted by Gasteiger charge is -2.00. The highest BCUT2D eigenvalue weighted by Crippen LogP contribution is 2.35. The van der Waals surface area contributed by atoms with Gasteiger partial charge in [0.25, 0.3) is 10.9 Å². The summed E-state index contributed by atoms with van der Waals surface area (Å²) in [7, 11) is 0. The fraction of sp³-hybridized carbons (Fsp3) is 0.0435. The second kappa shape index (κ2) is 8.75. The second-order valence-corrected chi connectivity index (χ2v) is 7.33. The molecule has 0 radical (unpaired) electrons. The van der Waals surface area contributed by atoms with E-state index < -0.39 is 4.92 Å². The van der Waals surface area contributed by atoms with Crippen molar-refractivity contribution in [3.63, 3.8) is 0 Å². The van der Waals surface area contributed by atoms with Crippen molar-refractivity contribution in [1.29, 1.82) is 0 Å². The Morgan fingerprint density at radius 3 is 2.10 bits per heavy atom. The summed E-state index contributed by atoms with van der Waals surface area (Å²) in [5, 5.41) is 11.1. The van der Waals surface area contributed by atoms with Gasteiger partial charge in [-0.1, -0.05) is 72.4 Å². The van der Waals surface area contributed by atoms with E-state index in [0.29, 0.717) is 22.2 Å². The molecule has 3 aromatic carbocycles. The quantitative estimate of drug-likeness (QED) is 0.162. The van der Waals surface area contributed by atoms with Crippen LogP contribution in [0.25, 0.3) is 22.6 Å². The summed E-state index contributed by atoms with van der Waals surface area (Å²) >= 11 is 1.20. The summed E-state index contributed by atoms with van der Waals surface area (Å²) in [5.74, 6) is 0.601. The largest absolute Gasteiger partial charge is 0.431 e. The molecule has 0 unspecified atom stereocenters. The van der Waals surface area contributed by atoms with E-state index in [0.717, 1.165) is 11.1 Å². The van der Waals surface area contributed by atoms with Gasteiger partial charge >= 0.3 is 0 Å². The molecule has 7 heteroatoms. The van der Waals surface area contributed by atoms with Crippen LogP contribution >= 0.6 is 11.8 Å². The van der Waals surface area contributed by atoms with Crippen LogP contribution in [0.5, 0.6) is 0 Å². The third kappa shape index (κ3) is 4.31. The van der Waals surface area contributed by atoms with E-state index in [2.05, 4.69) is 4.98 Å². The van der Waals surface area contributed by atoms with E-state index in [9.17, 15) is 14.9 Å². The highest BCUT2D eigenvalue weighted by Gasteiger charge is 2.18. The second-order valence-electron chi connectivity index (χ2n) is 6.41. The molecule has 0 saturated heterocycles. The number of nitrogens with zero attached hydrogens (tertiary/aromatic N) is 2. The maximum atomic E-state index is 12.5. The van der Waals surface area contributed by atoms with Crippen LogP contribution < -0.4 is 0 Å². The molecule has 0 bridgehead atoms. The summed E-state index contributed by atoms with van der Waals surface area (Å²) in [4.78, 5) is 27.3. The van der Waals surface area contributed by atoms with Crippen molar-refractivity contribution in [2.45, 2.75) is 5.22 Å². The average Bonchev–Trinajstić information content (AvgIpc) is 3.23. The zero-order valence-corrected chi connectivity index (χ0v) is 16.5. The van der Waals surface area contributed by atoms with Crippen molar-refractivity contribution in [2.75, 3.05) is 5.75 Å². The SMILES string of the molecule is O=C(CSc1nc(-c2ccccc2)c(-c2ccccc2)o1)c1ccc([N+](=O)[O-])cc1. The Kier molecular flexibility index (Phi) is 5.72. The Hall–Kier alpha value is -3.71. The van der Waals surface area contributed by atoms with Crippen molar-refractivity contribution >= 4 is 23.2 Å². The van der Waals surface area contributed by atoms with Gasteiger partial charge in [0.2, 0.25) is 0 Å². The van der Waals surface area contributed by atoms with Crippen molar-refractivity contribution in [3.05, 3.63) is 101 Å². The number of thioether (sulfide) groups is 1. The first-order valence-corrected chi connectivity index (χ1v) is 10.1. The number of hydrogen-bond acceptors (Lipinski definition) is 6. The number of rotatable bonds is 7. The fourth-order valence-corrected chi connectivity index (χ4v) is 3.64. The predicted octanol–water partition coefficient (Wildman–Crippen LogP) is 5.89. The van der Waals surface area contributed by atoms with Gasteiger partial charge in [0.1, 0.15) is 5.69 Å². The molecular weight excluding hydrogens is 400 g/mol. The molecule has 6 nitrogen and oxygen atoms in total. The molecule has 0 aliphatic rings. The van der Waals surface area contributed by atoms with Gasteiger partial charge in [-0.05, 0) is 12.1 Å². The van der Waals surface area contributed by atoms with Crippen LogP contribution in [0.4, 0.5) is 5.69 Å². The first kappa shape index (κ1) is 19.6. The van der Waals surface area contributed by atoms with Gasteiger partial charge in [-0.25, -0.2) is 4.98 Å². The zero-order chi connectivity index (χ0) is 20.9. The van der Waals surface area contributed by atoms with E-state index in [1.54, 1.807) is 0 Å². The Balaban J connectivity index is 1.57. The maximum Gasteiger partial charge on any atom is 0.269 e. The molecule has 0 atom stereocenters. The molecule has 1 aromatic heterocycles. The van der Waals surface area contributed by atoms with Crippen LogP contribution in [0.1, 0.15) is 10.4 Å². The van der Waals surface area contributed by atoms with Crippen molar-refractivity contribution in [3.8, 4) is 22.6 Å². The summed E-state index contributed by atoms with van der Waals surface area (Å²) in [6.45, 7) is 0. The van der Waals surface area contributed by atoms with Crippen molar-refractivity contribution < 1.29 is 14.1 Å². The zero-order valence-electron chi connectivity index (χ0n) is 15.7. The molecule has 0 saturated carbocycles. The number of nitro groups is 1. The van der Waals surface area contributed by atoms with E-state index in [1.165, 1.54) is 36.0 Å². The van der Waals surface area contributed by atoms with Crippen LogP contribution in [0.3, 0.4) is 0 Å². The average molecular weight is 416 g/mol. The molecule has 4 rings (SSSR count). The van der Waals surface area contributed by atoms with E-state index in [1.807, 2.05) is 60.7 Å². The lowest BCUT2D eigenvalue weighted by Crippen LogP contribution is -2.02. The fourth-order valence-electron chi connectivity index (χ4n) is 2.92. The van der Waals surface area contributed by atoms with Gasteiger partial charge in [0, 0.05) is 28.8 Å². The van der Waals surface area contributed by atoms with Gasteiger partial charge in [-0.3, -0.25) is 14.9 Å². The lowest BCUT2D eigenvalue weighted by molar-refractivity contribution is -0.384. The summed E-state index contributed by atoms with van der Waals surface area (Å²) in [6.07, 6.45) is 0. The third-order valence-electron chi connectivity index (χ3n) is 4.42. The van der Waals surface area contributed by atoms with Gasteiger partial charge in [-0.2, -0.15) is 0 Å². The highest BCUT2D eigenvalue weighted by atomic mass is 32.2. The number of aromatic nitrogens is 1. The Labute approximate surface area is 176 Å². The molecule has 0 aliphatic heterocycles. The van der Waals surface area contributed by atoms with Crippen molar-refractivity contribution in [2.24, 2.45) is 0 Å². The van der Waals surface area contributed by atoms with Gasteiger partial charge in [0.15, 0.2) is 11.5 Å². The first-order valence-electron chi connectivity index (χ1n) is 9.14. The van der Waals surface area contributed by atoms with Crippen LogP contribution in [-0.2, 0) is 0 Å². The molecule has 4 aromatic rings. The molecular formula is C23H16N2O4S. The Morgan fingerprint density at radius 1 is 0.900 bits per heavy atom. The number of carbonyl (C=O) groups is 1. The van der Waals surface area contributed by atoms with Crippen molar-refractivity contribution in [1.82, 2.24) is 4.98 Å². The first-order chi connectivity index (χ1) is 14.6. The van der Waals surface area contributed by atoms with Gasteiger partial charge < -0.3 is 4.42 Å². The number of hydrogen-bond donors (Lipinski definition) is 0. The molecule has 1 heterocycles. The van der Waals surface area contributed by atoms with Gasteiger partial charge in [0.05, 0.1) is 10.7 Å². The molecule has 148 valence electrons. The number of oxazole rings is 1. The minimum Gasteiger partial charge on any atom is -0.431 e. The predicted molar refractivity (Wildman–Crippen MR) is 116 cm³/mol. The number of Topliss-reactive ketones (excluding diaryl/α,β-unsaturated/α-hetero) is 1.